The molecule has 2 aromatic heterocycles. The monoisotopic (exact) mass is 326 g/mol. The van der Waals surface area contributed by atoms with Crippen molar-refractivity contribution in [2.45, 2.75) is 19.5 Å². The molecule has 0 amide bonds. The van der Waals surface area contributed by atoms with E-state index in [1.54, 1.807) is 18.7 Å². The predicted molar refractivity (Wildman–Crippen MR) is 81.0 cm³/mol. The molecule has 21 heavy (non-hydrogen) atoms. The topological polar surface area (TPSA) is 87.8 Å². The van der Waals surface area contributed by atoms with Crippen LogP contribution in [0.15, 0.2) is 10.9 Å². The van der Waals surface area contributed by atoms with Crippen molar-refractivity contribution in [3.05, 3.63) is 27.1 Å². The molecule has 0 radical (unpaired) electrons. The first-order valence-corrected chi connectivity index (χ1v) is 8.43. The molecule has 1 saturated heterocycles. The molecule has 1 fully saturated rings. The van der Waals surface area contributed by atoms with E-state index >= 15 is 0 Å². The van der Waals surface area contributed by atoms with E-state index < -0.39 is 12.0 Å². The molecule has 0 bridgehead atoms. The molecule has 1 N–H and O–H groups in total. The average Bonchev–Trinajstić information content (AvgIpc) is 2.81. The smallest absolute Gasteiger partial charge is 0.321 e. The fourth-order valence-electron chi connectivity index (χ4n) is 2.25. The van der Waals surface area contributed by atoms with Crippen LogP contribution in [-0.2, 0) is 11.3 Å². The summed E-state index contributed by atoms with van der Waals surface area (Å²) in [5, 5.41) is 14.2. The molecule has 7 nitrogen and oxygen atoms in total. The van der Waals surface area contributed by atoms with E-state index in [2.05, 4.69) is 10.1 Å². The number of carboxylic acid groups (broad SMARTS) is 1. The van der Waals surface area contributed by atoms with E-state index in [9.17, 15) is 14.7 Å². The highest BCUT2D eigenvalue weighted by atomic mass is 32.2. The second-order valence-corrected chi connectivity index (χ2v) is 7.02. The molecule has 1 atom stereocenters. The molecule has 9 heteroatoms. The molecule has 0 spiro atoms. The molecule has 1 aliphatic rings. The van der Waals surface area contributed by atoms with Crippen molar-refractivity contribution in [3.63, 3.8) is 0 Å². The van der Waals surface area contributed by atoms with Crippen LogP contribution in [0, 0.1) is 6.92 Å². The standard InChI is InChI=1S/C12H14N4O3S2/c1-7-4-10(17)16-12(13-7)21-9(14-16)5-15-2-3-20-6-8(15)11(18)19/h4,8H,2-3,5-6H2,1H3,(H,18,19). The first-order chi connectivity index (χ1) is 10.0. The van der Waals surface area contributed by atoms with Crippen LogP contribution >= 0.6 is 23.1 Å². The van der Waals surface area contributed by atoms with Gasteiger partial charge in [0.2, 0.25) is 4.96 Å². The van der Waals surface area contributed by atoms with E-state index in [-0.39, 0.29) is 5.56 Å². The van der Waals surface area contributed by atoms with Gasteiger partial charge in [-0.3, -0.25) is 14.5 Å². The summed E-state index contributed by atoms with van der Waals surface area (Å²) in [7, 11) is 0. The molecule has 2 aromatic rings. The Hall–Kier alpha value is -1.45. The summed E-state index contributed by atoms with van der Waals surface area (Å²) in [4.78, 5) is 29.9. The van der Waals surface area contributed by atoms with Gasteiger partial charge in [0.15, 0.2) is 0 Å². The van der Waals surface area contributed by atoms with Gasteiger partial charge in [0.1, 0.15) is 11.0 Å². The van der Waals surface area contributed by atoms with Gasteiger partial charge in [-0.25, -0.2) is 4.98 Å². The van der Waals surface area contributed by atoms with Crippen LogP contribution in [0.5, 0.6) is 0 Å². The van der Waals surface area contributed by atoms with E-state index in [0.29, 0.717) is 34.5 Å². The lowest BCUT2D eigenvalue weighted by Gasteiger charge is -2.31. The minimum Gasteiger partial charge on any atom is -0.480 e. The van der Waals surface area contributed by atoms with Crippen LogP contribution in [0.4, 0.5) is 0 Å². The first-order valence-electron chi connectivity index (χ1n) is 6.45. The third-order valence-electron chi connectivity index (χ3n) is 3.28. The Kier molecular flexibility index (Phi) is 3.96. The van der Waals surface area contributed by atoms with Crippen molar-refractivity contribution in [1.82, 2.24) is 19.5 Å². The summed E-state index contributed by atoms with van der Waals surface area (Å²) in [6.45, 7) is 2.91. The third-order valence-corrected chi connectivity index (χ3v) is 5.19. The van der Waals surface area contributed by atoms with Gasteiger partial charge in [-0.15, -0.1) is 0 Å². The van der Waals surface area contributed by atoms with Crippen LogP contribution in [-0.4, -0.2) is 54.7 Å². The first kappa shape index (κ1) is 14.5. The fraction of sp³-hybridized carbons (Fsp3) is 0.500. The Balaban J connectivity index is 1.89. The Bertz CT molecular complexity index is 742. The minimum atomic E-state index is -0.811. The van der Waals surface area contributed by atoms with Crippen LogP contribution in [0.1, 0.15) is 10.7 Å². The lowest BCUT2D eigenvalue weighted by atomic mass is 10.3. The molecule has 3 heterocycles. The predicted octanol–water partition coefficient (Wildman–Crippen LogP) is 0.461. The van der Waals surface area contributed by atoms with Crippen molar-refractivity contribution in [3.8, 4) is 0 Å². The van der Waals surface area contributed by atoms with Crippen LogP contribution in [0.2, 0.25) is 0 Å². The van der Waals surface area contributed by atoms with Crippen molar-refractivity contribution >= 4 is 34.0 Å². The number of carboxylic acids is 1. The molecular formula is C12H14N4O3S2. The van der Waals surface area contributed by atoms with Crippen LogP contribution in [0.3, 0.4) is 0 Å². The summed E-state index contributed by atoms with van der Waals surface area (Å²) in [5.41, 5.74) is 0.456. The molecule has 0 aromatic carbocycles. The minimum absolute atomic E-state index is 0.205. The maximum atomic E-state index is 11.8. The summed E-state index contributed by atoms with van der Waals surface area (Å²) in [5.74, 6) is 0.679. The van der Waals surface area contributed by atoms with Gasteiger partial charge in [0.25, 0.3) is 5.56 Å². The Morgan fingerprint density at radius 1 is 1.57 bits per heavy atom. The number of hydrogen-bond donors (Lipinski definition) is 1. The maximum absolute atomic E-state index is 11.8. The van der Waals surface area contributed by atoms with Crippen molar-refractivity contribution in [1.29, 1.82) is 0 Å². The van der Waals surface area contributed by atoms with Crippen LogP contribution < -0.4 is 5.56 Å². The SMILES string of the molecule is Cc1cc(=O)n2nc(CN3CCSCC3C(=O)O)sc2n1. The molecule has 0 saturated carbocycles. The number of hydrogen-bond acceptors (Lipinski definition) is 7. The second-order valence-electron chi connectivity index (χ2n) is 4.83. The van der Waals surface area contributed by atoms with Crippen molar-refractivity contribution in [2.24, 2.45) is 0 Å². The van der Waals surface area contributed by atoms with Crippen LogP contribution in [0.25, 0.3) is 4.96 Å². The van der Waals surface area contributed by atoms with Gasteiger partial charge in [0.05, 0.1) is 6.54 Å². The number of carbonyl (C=O) groups is 1. The highest BCUT2D eigenvalue weighted by molar-refractivity contribution is 7.99. The van der Waals surface area contributed by atoms with Gasteiger partial charge in [-0.1, -0.05) is 11.3 Å². The Morgan fingerprint density at radius 3 is 3.14 bits per heavy atom. The molecule has 1 aliphatic heterocycles. The van der Waals surface area contributed by atoms with Gasteiger partial charge in [-0.2, -0.15) is 21.4 Å². The van der Waals surface area contributed by atoms with E-state index in [1.165, 1.54) is 21.9 Å². The zero-order chi connectivity index (χ0) is 15.0. The second kappa shape index (κ2) is 5.74. The lowest BCUT2D eigenvalue weighted by molar-refractivity contribution is -0.142. The summed E-state index contributed by atoms with van der Waals surface area (Å²) in [6.07, 6.45) is 0. The highest BCUT2D eigenvalue weighted by Gasteiger charge is 2.29. The van der Waals surface area contributed by atoms with Gasteiger partial charge < -0.3 is 5.11 Å². The summed E-state index contributed by atoms with van der Waals surface area (Å²) in [6, 6.07) is 0.941. The fourth-order valence-corrected chi connectivity index (χ4v) is 4.33. The number of aliphatic carboxylic acids is 1. The highest BCUT2D eigenvalue weighted by Crippen LogP contribution is 2.21. The normalized spacial score (nSPS) is 20.0. The van der Waals surface area contributed by atoms with Gasteiger partial charge >= 0.3 is 5.97 Å². The summed E-state index contributed by atoms with van der Waals surface area (Å²) < 4.78 is 1.28. The maximum Gasteiger partial charge on any atom is 0.321 e. The number of aromatic nitrogens is 3. The number of fused-ring (bicyclic) bond motifs is 1. The quantitative estimate of drug-likeness (QED) is 0.876. The molecule has 112 valence electrons. The van der Waals surface area contributed by atoms with Crippen molar-refractivity contribution in [2.75, 3.05) is 18.1 Å². The Morgan fingerprint density at radius 2 is 2.38 bits per heavy atom. The number of nitrogens with zero attached hydrogens (tertiary/aromatic N) is 4. The Labute approximate surface area is 128 Å². The van der Waals surface area contributed by atoms with Crippen molar-refractivity contribution < 1.29 is 9.90 Å². The number of thioether (sulfide) groups is 1. The molecule has 3 rings (SSSR count). The zero-order valence-electron chi connectivity index (χ0n) is 11.4. The van der Waals surface area contributed by atoms with E-state index in [4.69, 9.17) is 0 Å². The average molecular weight is 326 g/mol. The lowest BCUT2D eigenvalue weighted by Crippen LogP contribution is -2.46. The number of aryl methyl sites for hydroxylation is 1. The third kappa shape index (κ3) is 2.94. The van der Waals surface area contributed by atoms with Gasteiger partial charge in [-0.05, 0) is 6.92 Å². The molecular weight excluding hydrogens is 312 g/mol. The zero-order valence-corrected chi connectivity index (χ0v) is 13.0. The molecule has 1 unspecified atom stereocenters. The number of rotatable bonds is 3. The molecule has 0 aliphatic carbocycles. The van der Waals surface area contributed by atoms with E-state index in [1.807, 2.05) is 4.90 Å². The summed E-state index contributed by atoms with van der Waals surface area (Å²) >= 11 is 2.98. The van der Waals surface area contributed by atoms with Gasteiger partial charge in [0, 0.05) is 29.8 Å². The largest absolute Gasteiger partial charge is 0.480 e. The van der Waals surface area contributed by atoms with E-state index in [0.717, 1.165) is 5.75 Å².